The number of carbonyl (C=O) groups excluding carboxylic acids is 1. The van der Waals surface area contributed by atoms with Gasteiger partial charge in [0.25, 0.3) is 0 Å². The molecule has 2 atom stereocenters. The van der Waals surface area contributed by atoms with Crippen molar-refractivity contribution in [1.82, 2.24) is 4.90 Å². The maximum Gasteiger partial charge on any atom is 0.327 e. The van der Waals surface area contributed by atoms with Crippen LogP contribution in [-0.4, -0.2) is 33.7 Å². The number of nitrogens with zero attached hydrogens (tertiary/aromatic N) is 1. The molecule has 2 aromatic rings. The SMILES string of the molecule is CCCCCC(=O)N1C(C(=O)O)CSC1c1ccc(OCc2ccccc2)cc1. The summed E-state index contributed by atoms with van der Waals surface area (Å²) in [5.41, 5.74) is 2.02. The highest BCUT2D eigenvalue weighted by Crippen LogP contribution is 2.42. The topological polar surface area (TPSA) is 66.8 Å². The van der Waals surface area contributed by atoms with Crippen molar-refractivity contribution in [1.29, 1.82) is 0 Å². The number of carboxylic acids is 1. The summed E-state index contributed by atoms with van der Waals surface area (Å²) in [6.45, 7) is 2.57. The van der Waals surface area contributed by atoms with Gasteiger partial charge in [-0.15, -0.1) is 11.8 Å². The number of hydrogen-bond acceptors (Lipinski definition) is 4. The van der Waals surface area contributed by atoms with Crippen LogP contribution in [0.25, 0.3) is 0 Å². The maximum absolute atomic E-state index is 12.8. The number of amides is 1. The minimum absolute atomic E-state index is 0.0785. The van der Waals surface area contributed by atoms with Gasteiger partial charge in [0.05, 0.1) is 0 Å². The van der Waals surface area contributed by atoms with Crippen molar-refractivity contribution in [3.8, 4) is 5.75 Å². The van der Waals surface area contributed by atoms with Crippen LogP contribution in [0.2, 0.25) is 0 Å². The first-order valence-corrected chi connectivity index (χ1v) is 11.1. The first-order chi connectivity index (χ1) is 14.1. The zero-order valence-electron chi connectivity index (χ0n) is 16.6. The minimum atomic E-state index is -0.938. The predicted molar refractivity (Wildman–Crippen MR) is 115 cm³/mol. The molecule has 0 bridgehead atoms. The summed E-state index contributed by atoms with van der Waals surface area (Å²) in [5, 5.41) is 9.29. The molecule has 1 N–H and O–H groups in total. The Balaban J connectivity index is 1.68. The molecule has 0 aliphatic carbocycles. The van der Waals surface area contributed by atoms with Gasteiger partial charge in [0.2, 0.25) is 5.91 Å². The van der Waals surface area contributed by atoms with Gasteiger partial charge in [-0.1, -0.05) is 62.2 Å². The van der Waals surface area contributed by atoms with Crippen LogP contribution in [0, 0.1) is 0 Å². The van der Waals surface area contributed by atoms with Gasteiger partial charge in [0, 0.05) is 12.2 Å². The van der Waals surface area contributed by atoms with Crippen molar-refractivity contribution in [2.75, 3.05) is 5.75 Å². The van der Waals surface area contributed by atoms with E-state index in [4.69, 9.17) is 4.74 Å². The number of aliphatic carboxylic acids is 1. The molecule has 1 amide bonds. The van der Waals surface area contributed by atoms with E-state index in [-0.39, 0.29) is 11.3 Å². The average Bonchev–Trinajstić information content (AvgIpc) is 3.19. The maximum atomic E-state index is 12.8. The van der Waals surface area contributed by atoms with Crippen molar-refractivity contribution < 1.29 is 19.4 Å². The fraction of sp³-hybridized carbons (Fsp3) is 0.391. The highest BCUT2D eigenvalue weighted by Gasteiger charge is 2.41. The number of unbranched alkanes of at least 4 members (excludes halogenated alkanes) is 2. The van der Waals surface area contributed by atoms with E-state index in [9.17, 15) is 14.7 Å². The first kappa shape index (κ1) is 21.2. The fourth-order valence-electron chi connectivity index (χ4n) is 3.38. The van der Waals surface area contributed by atoms with Crippen LogP contribution in [0.4, 0.5) is 0 Å². The van der Waals surface area contributed by atoms with Crippen LogP contribution >= 0.6 is 11.8 Å². The van der Waals surface area contributed by atoms with E-state index in [1.807, 2.05) is 54.6 Å². The second-order valence-electron chi connectivity index (χ2n) is 7.14. The third kappa shape index (κ3) is 5.54. The van der Waals surface area contributed by atoms with Crippen LogP contribution < -0.4 is 4.74 Å². The van der Waals surface area contributed by atoms with E-state index in [1.165, 1.54) is 11.8 Å². The molecular weight excluding hydrogens is 386 g/mol. The van der Waals surface area contributed by atoms with E-state index < -0.39 is 12.0 Å². The first-order valence-electron chi connectivity index (χ1n) is 10.0. The Morgan fingerprint density at radius 2 is 1.83 bits per heavy atom. The molecule has 0 spiro atoms. The molecule has 1 aliphatic heterocycles. The van der Waals surface area contributed by atoms with Crippen molar-refractivity contribution in [2.24, 2.45) is 0 Å². The van der Waals surface area contributed by atoms with Crippen molar-refractivity contribution in [2.45, 2.75) is 50.6 Å². The monoisotopic (exact) mass is 413 g/mol. The number of hydrogen-bond donors (Lipinski definition) is 1. The molecule has 2 unspecified atom stereocenters. The van der Waals surface area contributed by atoms with E-state index in [0.717, 1.165) is 36.1 Å². The molecule has 1 saturated heterocycles. The smallest absolute Gasteiger partial charge is 0.327 e. The molecule has 154 valence electrons. The molecule has 6 heteroatoms. The lowest BCUT2D eigenvalue weighted by Gasteiger charge is -2.28. The number of carboxylic acid groups (broad SMARTS) is 1. The Labute approximate surface area is 176 Å². The number of ether oxygens (including phenoxy) is 1. The van der Waals surface area contributed by atoms with Gasteiger partial charge in [0.15, 0.2) is 0 Å². The molecular formula is C23H27NO4S. The van der Waals surface area contributed by atoms with Gasteiger partial charge in [-0.3, -0.25) is 4.79 Å². The van der Waals surface area contributed by atoms with Gasteiger partial charge < -0.3 is 14.7 Å². The van der Waals surface area contributed by atoms with Gasteiger partial charge in [0.1, 0.15) is 23.8 Å². The lowest BCUT2D eigenvalue weighted by Crippen LogP contribution is -2.42. The number of rotatable bonds is 9. The summed E-state index contributed by atoms with van der Waals surface area (Å²) < 4.78 is 5.83. The van der Waals surface area contributed by atoms with Crippen LogP contribution in [0.1, 0.15) is 49.1 Å². The second kappa shape index (κ2) is 10.3. The lowest BCUT2D eigenvalue weighted by atomic mass is 10.1. The summed E-state index contributed by atoms with van der Waals surface area (Å²) in [6.07, 6.45) is 3.19. The van der Waals surface area contributed by atoms with E-state index in [0.29, 0.717) is 18.8 Å². The Hall–Kier alpha value is -2.47. The van der Waals surface area contributed by atoms with Gasteiger partial charge in [-0.05, 0) is 29.7 Å². The van der Waals surface area contributed by atoms with E-state index in [2.05, 4.69) is 6.92 Å². The molecule has 1 aliphatic rings. The molecule has 0 saturated carbocycles. The van der Waals surface area contributed by atoms with Crippen LogP contribution in [0.5, 0.6) is 5.75 Å². The number of thioether (sulfide) groups is 1. The third-order valence-electron chi connectivity index (χ3n) is 4.98. The van der Waals surface area contributed by atoms with Crippen molar-refractivity contribution >= 4 is 23.6 Å². The zero-order valence-corrected chi connectivity index (χ0v) is 17.4. The summed E-state index contributed by atoms with van der Waals surface area (Å²) in [5.74, 6) is 0.138. The summed E-state index contributed by atoms with van der Waals surface area (Å²) in [4.78, 5) is 26.0. The van der Waals surface area contributed by atoms with Crippen LogP contribution in [0.15, 0.2) is 54.6 Å². The minimum Gasteiger partial charge on any atom is -0.489 e. The standard InChI is InChI=1S/C23H27NO4S/c1-2-3-5-10-21(25)24-20(23(26)27)16-29-22(24)18-11-13-19(14-12-18)28-15-17-8-6-4-7-9-17/h4,6-9,11-14,20,22H,2-3,5,10,15-16H2,1H3,(H,26,27). The van der Waals surface area contributed by atoms with Gasteiger partial charge in [-0.2, -0.15) is 0 Å². The summed E-state index contributed by atoms with van der Waals surface area (Å²) in [7, 11) is 0. The number of benzene rings is 2. The molecule has 29 heavy (non-hydrogen) atoms. The largest absolute Gasteiger partial charge is 0.489 e. The molecule has 0 aromatic heterocycles. The number of carbonyl (C=O) groups is 2. The molecule has 1 fully saturated rings. The lowest BCUT2D eigenvalue weighted by molar-refractivity contribution is -0.149. The Bertz CT molecular complexity index is 809. The Kier molecular flexibility index (Phi) is 7.58. The average molecular weight is 414 g/mol. The van der Waals surface area contributed by atoms with Gasteiger partial charge >= 0.3 is 5.97 Å². The van der Waals surface area contributed by atoms with E-state index >= 15 is 0 Å². The third-order valence-corrected chi connectivity index (χ3v) is 6.30. The van der Waals surface area contributed by atoms with Crippen molar-refractivity contribution in [3.63, 3.8) is 0 Å². The quantitative estimate of drug-likeness (QED) is 0.594. The Morgan fingerprint density at radius 1 is 1.10 bits per heavy atom. The normalized spacial score (nSPS) is 18.6. The fourth-order valence-corrected chi connectivity index (χ4v) is 4.83. The Morgan fingerprint density at radius 3 is 2.48 bits per heavy atom. The van der Waals surface area contributed by atoms with Crippen molar-refractivity contribution in [3.05, 3.63) is 65.7 Å². The summed E-state index contributed by atoms with van der Waals surface area (Å²) in [6, 6.07) is 16.8. The molecule has 0 radical (unpaired) electrons. The predicted octanol–water partition coefficient (Wildman–Crippen LogP) is 4.87. The molecule has 5 nitrogen and oxygen atoms in total. The molecule has 2 aromatic carbocycles. The van der Waals surface area contributed by atoms with Crippen LogP contribution in [0.3, 0.4) is 0 Å². The van der Waals surface area contributed by atoms with E-state index in [1.54, 1.807) is 4.90 Å². The second-order valence-corrected chi connectivity index (χ2v) is 8.25. The zero-order chi connectivity index (χ0) is 20.6. The summed E-state index contributed by atoms with van der Waals surface area (Å²) >= 11 is 1.51. The molecule has 3 rings (SSSR count). The highest BCUT2D eigenvalue weighted by atomic mass is 32.2. The van der Waals surface area contributed by atoms with Gasteiger partial charge in [-0.25, -0.2) is 4.79 Å². The highest BCUT2D eigenvalue weighted by molar-refractivity contribution is 7.99. The molecule has 1 heterocycles. The van der Waals surface area contributed by atoms with Crippen LogP contribution in [-0.2, 0) is 16.2 Å².